The van der Waals surface area contributed by atoms with Crippen LogP contribution in [0, 0.1) is 0 Å². The molecule has 1 heterocycles. The van der Waals surface area contributed by atoms with Gasteiger partial charge in [-0.15, -0.1) is 0 Å². The van der Waals surface area contributed by atoms with E-state index in [4.69, 9.17) is 26.8 Å². The molecule has 22 heavy (non-hydrogen) atoms. The number of fused-ring (bicyclic) bond motifs is 1. The van der Waals surface area contributed by atoms with Crippen LogP contribution in [0.3, 0.4) is 0 Å². The van der Waals surface area contributed by atoms with E-state index in [1.807, 2.05) is 30.3 Å². The van der Waals surface area contributed by atoms with Gasteiger partial charge in [0, 0.05) is 16.0 Å². The maximum absolute atomic E-state index is 6.09. The average molecular weight is 316 g/mol. The molecule has 0 spiro atoms. The zero-order chi connectivity index (χ0) is 15.7. The van der Waals surface area contributed by atoms with Gasteiger partial charge in [0.25, 0.3) is 0 Å². The van der Waals surface area contributed by atoms with E-state index in [1.165, 1.54) is 0 Å². The number of rotatable bonds is 3. The van der Waals surface area contributed by atoms with Gasteiger partial charge >= 0.3 is 0 Å². The molecule has 0 fully saturated rings. The van der Waals surface area contributed by atoms with Crippen LogP contribution < -0.4 is 15.2 Å². The standard InChI is InChI=1S/C16H14ClN3O2/c1-21-13-6-3-9(7-14(13)22-2)15-11-8-10(17)4-5-12(11)19-16(18)20-15/h3-8H,1-2H3,(H2,18,19,20). The molecule has 1 aromatic heterocycles. The van der Waals surface area contributed by atoms with Gasteiger partial charge in [-0.25, -0.2) is 9.97 Å². The number of aromatic nitrogens is 2. The quantitative estimate of drug-likeness (QED) is 0.800. The van der Waals surface area contributed by atoms with Crippen LogP contribution in [0.25, 0.3) is 22.2 Å². The highest BCUT2D eigenvalue weighted by Crippen LogP contribution is 2.35. The first-order chi connectivity index (χ1) is 10.6. The van der Waals surface area contributed by atoms with Crippen molar-refractivity contribution in [3.8, 4) is 22.8 Å². The van der Waals surface area contributed by atoms with Gasteiger partial charge in [0.15, 0.2) is 11.5 Å². The molecule has 0 bridgehead atoms. The highest BCUT2D eigenvalue weighted by atomic mass is 35.5. The van der Waals surface area contributed by atoms with E-state index >= 15 is 0 Å². The summed E-state index contributed by atoms with van der Waals surface area (Å²) in [5, 5.41) is 1.44. The fourth-order valence-corrected chi connectivity index (χ4v) is 2.49. The minimum absolute atomic E-state index is 0.208. The summed E-state index contributed by atoms with van der Waals surface area (Å²) >= 11 is 6.09. The van der Waals surface area contributed by atoms with Gasteiger partial charge in [-0.2, -0.15) is 0 Å². The fourth-order valence-electron chi connectivity index (χ4n) is 2.32. The van der Waals surface area contributed by atoms with Crippen LogP contribution in [0.4, 0.5) is 5.95 Å². The predicted octanol–water partition coefficient (Wildman–Crippen LogP) is 3.55. The molecule has 0 atom stereocenters. The van der Waals surface area contributed by atoms with Crippen LogP contribution in [0.5, 0.6) is 11.5 Å². The summed E-state index contributed by atoms with van der Waals surface area (Å²) in [6, 6.07) is 11.0. The molecule has 0 saturated heterocycles. The van der Waals surface area contributed by atoms with E-state index in [9.17, 15) is 0 Å². The highest BCUT2D eigenvalue weighted by Gasteiger charge is 2.12. The molecule has 0 aliphatic carbocycles. The number of halogens is 1. The van der Waals surface area contributed by atoms with Crippen molar-refractivity contribution < 1.29 is 9.47 Å². The summed E-state index contributed by atoms with van der Waals surface area (Å²) < 4.78 is 10.6. The fraction of sp³-hybridized carbons (Fsp3) is 0.125. The van der Waals surface area contributed by atoms with E-state index in [1.54, 1.807) is 20.3 Å². The number of anilines is 1. The summed E-state index contributed by atoms with van der Waals surface area (Å²) in [7, 11) is 3.18. The number of nitrogens with zero attached hydrogens (tertiary/aromatic N) is 2. The lowest BCUT2D eigenvalue weighted by Crippen LogP contribution is -1.98. The van der Waals surface area contributed by atoms with Crippen LogP contribution in [0.15, 0.2) is 36.4 Å². The second-order valence-corrected chi connectivity index (χ2v) is 5.10. The molecular formula is C16H14ClN3O2. The first-order valence-corrected chi connectivity index (χ1v) is 6.95. The van der Waals surface area contributed by atoms with Crippen LogP contribution in [0.1, 0.15) is 0 Å². The Kier molecular flexibility index (Phi) is 3.73. The van der Waals surface area contributed by atoms with Gasteiger partial charge in [0.2, 0.25) is 5.95 Å². The molecule has 3 aromatic rings. The zero-order valence-electron chi connectivity index (χ0n) is 12.1. The molecule has 3 rings (SSSR count). The third kappa shape index (κ3) is 2.51. The zero-order valence-corrected chi connectivity index (χ0v) is 12.9. The van der Waals surface area contributed by atoms with Crippen molar-refractivity contribution in [2.75, 3.05) is 20.0 Å². The molecule has 2 aromatic carbocycles. The Morgan fingerprint density at radius 1 is 0.955 bits per heavy atom. The molecule has 0 aliphatic heterocycles. The van der Waals surface area contributed by atoms with Gasteiger partial charge in [-0.3, -0.25) is 0 Å². The summed E-state index contributed by atoms with van der Waals surface area (Å²) in [5.41, 5.74) is 8.10. The van der Waals surface area contributed by atoms with Crippen molar-refractivity contribution >= 4 is 28.5 Å². The van der Waals surface area contributed by atoms with E-state index < -0.39 is 0 Å². The second-order valence-electron chi connectivity index (χ2n) is 4.66. The summed E-state index contributed by atoms with van der Waals surface area (Å²) in [6.45, 7) is 0. The lowest BCUT2D eigenvalue weighted by molar-refractivity contribution is 0.355. The SMILES string of the molecule is COc1ccc(-c2nc(N)nc3ccc(Cl)cc23)cc1OC. The Morgan fingerprint density at radius 3 is 2.45 bits per heavy atom. The van der Waals surface area contributed by atoms with E-state index in [0.29, 0.717) is 22.2 Å². The average Bonchev–Trinajstić information content (AvgIpc) is 2.53. The topological polar surface area (TPSA) is 70.3 Å². The molecule has 0 saturated carbocycles. The second kappa shape index (κ2) is 5.69. The molecule has 0 radical (unpaired) electrons. The van der Waals surface area contributed by atoms with Crippen molar-refractivity contribution in [3.05, 3.63) is 41.4 Å². The third-order valence-corrected chi connectivity index (χ3v) is 3.57. The monoisotopic (exact) mass is 315 g/mol. The number of nitrogen functional groups attached to an aromatic ring is 1. The number of hydrogen-bond acceptors (Lipinski definition) is 5. The third-order valence-electron chi connectivity index (χ3n) is 3.33. The smallest absolute Gasteiger partial charge is 0.221 e. The largest absolute Gasteiger partial charge is 0.493 e. The predicted molar refractivity (Wildman–Crippen MR) is 87.5 cm³/mol. The van der Waals surface area contributed by atoms with Gasteiger partial charge in [0.1, 0.15) is 0 Å². The Bertz CT molecular complexity index is 852. The van der Waals surface area contributed by atoms with Gasteiger partial charge in [-0.05, 0) is 36.4 Å². The molecule has 0 aliphatic rings. The maximum Gasteiger partial charge on any atom is 0.221 e. The van der Waals surface area contributed by atoms with Crippen LogP contribution in [-0.2, 0) is 0 Å². The number of hydrogen-bond donors (Lipinski definition) is 1. The van der Waals surface area contributed by atoms with Crippen molar-refractivity contribution in [1.82, 2.24) is 9.97 Å². The minimum Gasteiger partial charge on any atom is -0.493 e. The van der Waals surface area contributed by atoms with Crippen molar-refractivity contribution in [3.63, 3.8) is 0 Å². The van der Waals surface area contributed by atoms with E-state index in [0.717, 1.165) is 16.5 Å². The Hall–Kier alpha value is -2.53. The van der Waals surface area contributed by atoms with Crippen LogP contribution in [-0.4, -0.2) is 24.2 Å². The van der Waals surface area contributed by atoms with Crippen LogP contribution >= 0.6 is 11.6 Å². The minimum atomic E-state index is 0.208. The molecule has 0 amide bonds. The Morgan fingerprint density at radius 2 is 1.73 bits per heavy atom. The maximum atomic E-state index is 6.09. The Balaban J connectivity index is 2.27. The van der Waals surface area contributed by atoms with E-state index in [2.05, 4.69) is 9.97 Å². The first-order valence-electron chi connectivity index (χ1n) is 6.57. The lowest BCUT2D eigenvalue weighted by atomic mass is 10.1. The number of nitrogens with two attached hydrogens (primary N) is 1. The summed E-state index contributed by atoms with van der Waals surface area (Å²) in [5.74, 6) is 1.47. The summed E-state index contributed by atoms with van der Waals surface area (Å²) in [6.07, 6.45) is 0. The van der Waals surface area contributed by atoms with Gasteiger partial charge in [-0.1, -0.05) is 11.6 Å². The van der Waals surface area contributed by atoms with Gasteiger partial charge in [0.05, 0.1) is 25.4 Å². The summed E-state index contributed by atoms with van der Waals surface area (Å²) in [4.78, 5) is 8.59. The number of benzene rings is 2. The van der Waals surface area contributed by atoms with E-state index in [-0.39, 0.29) is 5.95 Å². The highest BCUT2D eigenvalue weighted by molar-refractivity contribution is 6.31. The normalized spacial score (nSPS) is 10.7. The van der Waals surface area contributed by atoms with Crippen molar-refractivity contribution in [1.29, 1.82) is 0 Å². The first kappa shape index (κ1) is 14.4. The Labute approximate surface area is 132 Å². The number of ether oxygens (including phenoxy) is 2. The molecule has 112 valence electrons. The van der Waals surface area contributed by atoms with Crippen molar-refractivity contribution in [2.24, 2.45) is 0 Å². The van der Waals surface area contributed by atoms with Gasteiger partial charge < -0.3 is 15.2 Å². The lowest BCUT2D eigenvalue weighted by Gasteiger charge is -2.11. The number of methoxy groups -OCH3 is 2. The molecule has 5 nitrogen and oxygen atoms in total. The molecule has 0 unspecified atom stereocenters. The molecule has 6 heteroatoms. The molecular weight excluding hydrogens is 302 g/mol. The van der Waals surface area contributed by atoms with Crippen LogP contribution in [0.2, 0.25) is 5.02 Å². The van der Waals surface area contributed by atoms with Crippen molar-refractivity contribution in [2.45, 2.75) is 0 Å². The molecule has 2 N–H and O–H groups in total.